The number of carbonyl (C=O) groups excluding carboxylic acids is 2. The van der Waals surface area contributed by atoms with Crippen LogP contribution in [0.4, 0.5) is 0 Å². The first kappa shape index (κ1) is 17.5. The number of likely N-dealkylation sites (tertiary alicyclic amines) is 1. The fourth-order valence-corrected chi connectivity index (χ4v) is 3.82. The number of benzene rings is 1. The summed E-state index contributed by atoms with van der Waals surface area (Å²) < 4.78 is 5.61. The molecule has 4 rings (SSSR count). The topological polar surface area (TPSA) is 75.4 Å². The second-order valence-electron chi connectivity index (χ2n) is 6.46. The number of thiophene rings is 1. The zero-order valence-electron chi connectivity index (χ0n) is 14.8. The zero-order chi connectivity index (χ0) is 18.8. The van der Waals surface area contributed by atoms with E-state index in [1.807, 2.05) is 47.8 Å². The van der Waals surface area contributed by atoms with E-state index in [2.05, 4.69) is 10.3 Å². The summed E-state index contributed by atoms with van der Waals surface area (Å²) in [5, 5.41) is 4.73. The van der Waals surface area contributed by atoms with E-state index < -0.39 is 6.04 Å². The van der Waals surface area contributed by atoms with Crippen LogP contribution in [0.5, 0.6) is 0 Å². The van der Waals surface area contributed by atoms with Crippen LogP contribution < -0.4 is 5.32 Å². The number of aromatic nitrogens is 1. The number of oxazole rings is 1. The average molecular weight is 381 g/mol. The molecule has 2 aromatic heterocycles. The van der Waals surface area contributed by atoms with Crippen LogP contribution in [0.3, 0.4) is 0 Å². The van der Waals surface area contributed by atoms with Crippen LogP contribution in [0.15, 0.2) is 52.3 Å². The van der Waals surface area contributed by atoms with Crippen LogP contribution in [-0.2, 0) is 11.3 Å². The van der Waals surface area contributed by atoms with Gasteiger partial charge >= 0.3 is 0 Å². The molecular weight excluding hydrogens is 362 g/mol. The van der Waals surface area contributed by atoms with Gasteiger partial charge in [0.05, 0.1) is 4.88 Å². The Hall–Kier alpha value is -2.93. The lowest BCUT2D eigenvalue weighted by Crippen LogP contribution is -2.41. The van der Waals surface area contributed by atoms with Crippen LogP contribution in [0, 0.1) is 6.92 Å². The molecule has 1 aliphatic rings. The molecule has 27 heavy (non-hydrogen) atoms. The van der Waals surface area contributed by atoms with E-state index in [9.17, 15) is 9.59 Å². The largest absolute Gasteiger partial charge is 0.440 e. The van der Waals surface area contributed by atoms with Crippen LogP contribution in [-0.4, -0.2) is 34.3 Å². The summed E-state index contributed by atoms with van der Waals surface area (Å²) in [6.07, 6.45) is 0.589. The quantitative estimate of drug-likeness (QED) is 0.736. The van der Waals surface area contributed by atoms with Crippen LogP contribution in [0.25, 0.3) is 10.8 Å². The van der Waals surface area contributed by atoms with E-state index >= 15 is 0 Å². The summed E-state index contributed by atoms with van der Waals surface area (Å²) >= 11 is 1.50. The second kappa shape index (κ2) is 7.36. The minimum Gasteiger partial charge on any atom is -0.440 e. The molecule has 7 heteroatoms. The van der Waals surface area contributed by atoms with Gasteiger partial charge in [-0.15, -0.1) is 11.3 Å². The lowest BCUT2D eigenvalue weighted by molar-refractivity contribution is -0.129. The molecule has 1 aliphatic heterocycles. The van der Waals surface area contributed by atoms with Gasteiger partial charge in [0.15, 0.2) is 5.69 Å². The number of hydrogen-bond donors (Lipinski definition) is 1. The number of aryl methyl sites for hydroxylation is 1. The van der Waals surface area contributed by atoms with Crippen molar-refractivity contribution in [3.8, 4) is 10.8 Å². The molecule has 1 atom stereocenters. The van der Waals surface area contributed by atoms with Crippen molar-refractivity contribution in [1.29, 1.82) is 0 Å². The van der Waals surface area contributed by atoms with Gasteiger partial charge < -0.3 is 14.6 Å². The van der Waals surface area contributed by atoms with Gasteiger partial charge in [-0.05, 0) is 30.4 Å². The van der Waals surface area contributed by atoms with Gasteiger partial charge in [0.25, 0.3) is 5.91 Å². The van der Waals surface area contributed by atoms with Gasteiger partial charge in [0.2, 0.25) is 11.8 Å². The molecule has 2 amide bonds. The molecule has 1 saturated heterocycles. The van der Waals surface area contributed by atoms with E-state index in [0.717, 1.165) is 10.4 Å². The van der Waals surface area contributed by atoms with E-state index in [4.69, 9.17) is 4.42 Å². The third kappa shape index (κ3) is 3.64. The van der Waals surface area contributed by atoms with Gasteiger partial charge in [-0.2, -0.15) is 0 Å². The first-order chi connectivity index (χ1) is 13.1. The predicted molar refractivity (Wildman–Crippen MR) is 102 cm³/mol. The molecule has 0 radical (unpaired) electrons. The highest BCUT2D eigenvalue weighted by Crippen LogP contribution is 2.26. The highest BCUT2D eigenvalue weighted by molar-refractivity contribution is 7.13. The van der Waals surface area contributed by atoms with Gasteiger partial charge in [-0.25, -0.2) is 4.98 Å². The molecule has 3 aromatic rings. The van der Waals surface area contributed by atoms with E-state index in [-0.39, 0.29) is 17.5 Å². The van der Waals surface area contributed by atoms with Crippen molar-refractivity contribution in [2.45, 2.75) is 25.9 Å². The van der Waals surface area contributed by atoms with Gasteiger partial charge in [0, 0.05) is 13.1 Å². The van der Waals surface area contributed by atoms with E-state index in [0.29, 0.717) is 31.2 Å². The summed E-state index contributed by atoms with van der Waals surface area (Å²) in [7, 11) is 0. The summed E-state index contributed by atoms with van der Waals surface area (Å²) in [6.45, 7) is 2.88. The lowest BCUT2D eigenvalue weighted by atomic mass is 10.2. The minimum absolute atomic E-state index is 0.0631. The van der Waals surface area contributed by atoms with Crippen molar-refractivity contribution in [2.24, 2.45) is 0 Å². The normalized spacial score (nSPS) is 16.7. The minimum atomic E-state index is -0.525. The average Bonchev–Trinajstić information content (AvgIpc) is 3.39. The molecule has 0 aliphatic carbocycles. The van der Waals surface area contributed by atoms with E-state index in [1.54, 1.807) is 11.8 Å². The Morgan fingerprint density at radius 3 is 2.85 bits per heavy atom. The molecule has 3 heterocycles. The monoisotopic (exact) mass is 381 g/mol. The lowest BCUT2D eigenvalue weighted by Gasteiger charge is -2.17. The maximum Gasteiger partial charge on any atom is 0.274 e. The molecule has 1 N–H and O–H groups in total. The Morgan fingerprint density at radius 2 is 2.11 bits per heavy atom. The van der Waals surface area contributed by atoms with Crippen LogP contribution >= 0.6 is 11.3 Å². The molecule has 1 fully saturated rings. The molecule has 6 nitrogen and oxygen atoms in total. The zero-order valence-corrected chi connectivity index (χ0v) is 15.7. The van der Waals surface area contributed by atoms with Crippen LogP contribution in [0.1, 0.15) is 28.2 Å². The molecule has 0 unspecified atom stereocenters. The molecule has 138 valence electrons. The number of hydrogen-bond acceptors (Lipinski definition) is 5. The highest BCUT2D eigenvalue weighted by Gasteiger charge is 2.33. The maximum atomic E-state index is 12.6. The van der Waals surface area contributed by atoms with Gasteiger partial charge in [-0.3, -0.25) is 9.59 Å². The Morgan fingerprint density at radius 1 is 1.30 bits per heavy atom. The predicted octanol–water partition coefficient (Wildman–Crippen LogP) is 3.24. The second-order valence-corrected chi connectivity index (χ2v) is 7.41. The van der Waals surface area contributed by atoms with Crippen molar-refractivity contribution >= 4 is 23.2 Å². The van der Waals surface area contributed by atoms with Crippen molar-refractivity contribution in [3.05, 3.63) is 64.9 Å². The van der Waals surface area contributed by atoms with E-state index in [1.165, 1.54) is 11.3 Å². The Bertz CT molecular complexity index is 950. The molecule has 1 aromatic carbocycles. The number of amides is 2. The van der Waals surface area contributed by atoms with Crippen molar-refractivity contribution < 1.29 is 14.0 Å². The third-order valence-corrected chi connectivity index (χ3v) is 5.42. The Kier molecular flexibility index (Phi) is 4.77. The smallest absolute Gasteiger partial charge is 0.274 e. The summed E-state index contributed by atoms with van der Waals surface area (Å²) in [4.78, 5) is 32.2. The number of nitrogens with one attached hydrogen (secondary N) is 1. The van der Waals surface area contributed by atoms with Crippen molar-refractivity contribution in [2.75, 3.05) is 6.54 Å². The fourth-order valence-electron chi connectivity index (χ4n) is 3.17. The van der Waals surface area contributed by atoms with Crippen molar-refractivity contribution in [1.82, 2.24) is 15.2 Å². The standard InChI is InChI=1S/C20H19N3O3S/c1-13-17(22-19(26-13)16-8-5-11-27-16)18(24)21-15-9-10-23(20(15)25)12-14-6-3-2-4-7-14/h2-8,11,15H,9-10,12H2,1H3,(H,21,24)/t15-/m0/s1. The summed E-state index contributed by atoms with van der Waals surface area (Å²) in [5.41, 5.74) is 1.30. The molecule has 0 bridgehead atoms. The van der Waals surface area contributed by atoms with Gasteiger partial charge in [-0.1, -0.05) is 36.4 Å². The fraction of sp³-hybridized carbons (Fsp3) is 0.250. The number of carbonyl (C=O) groups is 2. The Balaban J connectivity index is 1.42. The molecular formula is C20H19N3O3S. The summed E-state index contributed by atoms with van der Waals surface area (Å²) in [5.74, 6) is 0.435. The maximum absolute atomic E-state index is 12.6. The number of rotatable bonds is 5. The highest BCUT2D eigenvalue weighted by atomic mass is 32.1. The molecule has 0 spiro atoms. The SMILES string of the molecule is Cc1oc(-c2cccs2)nc1C(=O)N[C@H]1CCN(Cc2ccccc2)C1=O. The first-order valence-corrected chi connectivity index (χ1v) is 9.64. The number of nitrogens with zero attached hydrogens (tertiary/aromatic N) is 2. The Labute approximate surface area is 160 Å². The summed E-state index contributed by atoms with van der Waals surface area (Å²) in [6, 6.07) is 13.1. The van der Waals surface area contributed by atoms with Crippen LogP contribution in [0.2, 0.25) is 0 Å². The van der Waals surface area contributed by atoms with Crippen molar-refractivity contribution in [3.63, 3.8) is 0 Å². The third-order valence-electron chi connectivity index (χ3n) is 4.56. The van der Waals surface area contributed by atoms with Gasteiger partial charge in [0.1, 0.15) is 11.8 Å². The first-order valence-electron chi connectivity index (χ1n) is 8.76. The molecule has 0 saturated carbocycles.